The topological polar surface area (TPSA) is 149 Å². The highest BCUT2D eigenvalue weighted by Gasteiger charge is 2.62. The molecule has 0 saturated heterocycles. The maximum Gasteiger partial charge on any atom is 0.311 e. The van der Waals surface area contributed by atoms with Crippen LogP contribution in [-0.2, 0) is 19.2 Å². The van der Waals surface area contributed by atoms with E-state index in [-0.39, 0.29) is 25.7 Å². The highest BCUT2D eigenvalue weighted by atomic mass is 16.4. The van der Waals surface area contributed by atoms with Crippen LogP contribution in [0.5, 0.6) is 0 Å². The number of hydrogen-bond acceptors (Lipinski definition) is 4. The Hall–Kier alpha value is -2.12. The van der Waals surface area contributed by atoms with Gasteiger partial charge in [0.25, 0.3) is 0 Å². The molecule has 4 N–H and O–H groups in total. The van der Waals surface area contributed by atoms with E-state index in [9.17, 15) is 29.4 Å². The normalized spacial score (nSPS) is 16.3. The molecule has 0 saturated carbocycles. The van der Waals surface area contributed by atoms with Crippen LogP contribution in [0.2, 0.25) is 0 Å². The van der Waals surface area contributed by atoms with Crippen LogP contribution in [0.4, 0.5) is 0 Å². The summed E-state index contributed by atoms with van der Waals surface area (Å²) in [5, 5.41) is 37.4. The molecule has 0 rings (SSSR count). The molecule has 8 heteroatoms. The average molecular weight is 318 g/mol. The van der Waals surface area contributed by atoms with E-state index in [0.29, 0.717) is 0 Å². The summed E-state index contributed by atoms with van der Waals surface area (Å²) in [5.74, 6) is -6.12. The van der Waals surface area contributed by atoms with E-state index in [4.69, 9.17) is 10.2 Å². The Labute approximate surface area is 127 Å². The minimum Gasteiger partial charge on any atom is -0.481 e. The Balaban J connectivity index is 6.44. The minimum absolute atomic E-state index is 0.220. The molecule has 0 aliphatic carbocycles. The lowest BCUT2D eigenvalue weighted by atomic mass is 9.56. The van der Waals surface area contributed by atoms with Crippen molar-refractivity contribution >= 4 is 23.9 Å². The van der Waals surface area contributed by atoms with E-state index >= 15 is 0 Å². The van der Waals surface area contributed by atoms with E-state index < -0.39 is 47.5 Å². The van der Waals surface area contributed by atoms with Crippen molar-refractivity contribution in [2.75, 3.05) is 0 Å². The summed E-state index contributed by atoms with van der Waals surface area (Å²) >= 11 is 0. The fourth-order valence-electron chi connectivity index (χ4n) is 3.14. The molecule has 2 atom stereocenters. The molecule has 0 spiro atoms. The first-order chi connectivity index (χ1) is 10.1. The van der Waals surface area contributed by atoms with E-state index in [2.05, 4.69) is 0 Å². The monoisotopic (exact) mass is 318 g/mol. The Bertz CT molecular complexity index is 416. The third kappa shape index (κ3) is 3.75. The van der Waals surface area contributed by atoms with Crippen LogP contribution in [0.1, 0.15) is 52.4 Å². The molecule has 2 unspecified atom stereocenters. The van der Waals surface area contributed by atoms with Crippen LogP contribution in [0.15, 0.2) is 0 Å². The van der Waals surface area contributed by atoms with Crippen LogP contribution in [-0.4, -0.2) is 44.3 Å². The number of hydrogen-bond donors (Lipinski definition) is 4. The summed E-state index contributed by atoms with van der Waals surface area (Å²) in [4.78, 5) is 46.0. The average Bonchev–Trinajstić information content (AvgIpc) is 2.35. The van der Waals surface area contributed by atoms with Gasteiger partial charge in [0, 0.05) is 0 Å². The Morgan fingerprint density at radius 3 is 1.09 bits per heavy atom. The molecule has 126 valence electrons. The van der Waals surface area contributed by atoms with Crippen molar-refractivity contribution in [3.05, 3.63) is 0 Å². The van der Waals surface area contributed by atoms with Gasteiger partial charge in [-0.2, -0.15) is 0 Å². The molecule has 0 bridgehead atoms. The predicted molar refractivity (Wildman–Crippen MR) is 74.5 cm³/mol. The van der Waals surface area contributed by atoms with Gasteiger partial charge in [0.15, 0.2) is 0 Å². The van der Waals surface area contributed by atoms with Crippen molar-refractivity contribution in [3.63, 3.8) is 0 Å². The van der Waals surface area contributed by atoms with Gasteiger partial charge in [0.2, 0.25) is 0 Å². The van der Waals surface area contributed by atoms with Gasteiger partial charge in [-0.1, -0.05) is 26.7 Å². The van der Waals surface area contributed by atoms with Gasteiger partial charge in [-0.05, 0) is 12.8 Å². The van der Waals surface area contributed by atoms with Crippen molar-refractivity contribution in [1.82, 2.24) is 0 Å². The fraction of sp³-hybridized carbons (Fsp3) is 0.714. The van der Waals surface area contributed by atoms with Gasteiger partial charge in [-0.25, -0.2) is 0 Å². The van der Waals surface area contributed by atoms with Gasteiger partial charge < -0.3 is 20.4 Å². The van der Waals surface area contributed by atoms with Crippen molar-refractivity contribution < 1.29 is 39.6 Å². The highest BCUT2D eigenvalue weighted by Crippen LogP contribution is 2.52. The SMILES string of the molecule is CCCC(CC(=O)O)(C(=O)O)C(CCC)(CC(=O)O)C(=O)O. The summed E-state index contributed by atoms with van der Waals surface area (Å²) in [7, 11) is 0. The van der Waals surface area contributed by atoms with E-state index in [1.165, 1.54) is 0 Å². The summed E-state index contributed by atoms with van der Waals surface area (Å²) in [6.45, 7) is 3.19. The van der Waals surface area contributed by atoms with Gasteiger partial charge in [0.05, 0.1) is 23.7 Å². The molecule has 0 aromatic rings. The zero-order chi connectivity index (χ0) is 17.6. The predicted octanol–water partition coefficient (Wildman–Crippen LogP) is 1.68. The lowest BCUT2D eigenvalue weighted by molar-refractivity contribution is -0.184. The summed E-state index contributed by atoms with van der Waals surface area (Å²) < 4.78 is 0. The maximum absolute atomic E-state index is 11.8. The van der Waals surface area contributed by atoms with E-state index in [0.717, 1.165) is 0 Å². The van der Waals surface area contributed by atoms with E-state index in [1.807, 2.05) is 0 Å². The van der Waals surface area contributed by atoms with Gasteiger partial charge in [0.1, 0.15) is 0 Å². The second kappa shape index (κ2) is 7.77. The third-order valence-electron chi connectivity index (χ3n) is 3.99. The molecule has 0 heterocycles. The van der Waals surface area contributed by atoms with Crippen LogP contribution in [0.25, 0.3) is 0 Å². The van der Waals surface area contributed by atoms with Crippen molar-refractivity contribution in [3.8, 4) is 0 Å². The first-order valence-corrected chi connectivity index (χ1v) is 7.00. The first kappa shape index (κ1) is 19.9. The summed E-state index contributed by atoms with van der Waals surface area (Å²) in [6.07, 6.45) is -1.89. The molecule has 8 nitrogen and oxygen atoms in total. The van der Waals surface area contributed by atoms with Crippen LogP contribution >= 0.6 is 0 Å². The number of carboxylic acids is 4. The Kier molecular flexibility index (Phi) is 7.02. The molecule has 0 aliphatic heterocycles. The molecule has 0 aliphatic rings. The largest absolute Gasteiger partial charge is 0.481 e. The second-order valence-electron chi connectivity index (χ2n) is 5.42. The zero-order valence-electron chi connectivity index (χ0n) is 12.7. The molecule has 0 aromatic carbocycles. The van der Waals surface area contributed by atoms with Crippen molar-refractivity contribution in [2.45, 2.75) is 52.4 Å². The Morgan fingerprint density at radius 1 is 0.682 bits per heavy atom. The van der Waals surface area contributed by atoms with E-state index in [1.54, 1.807) is 13.8 Å². The summed E-state index contributed by atoms with van der Waals surface area (Å²) in [6, 6.07) is 0. The standard InChI is InChI=1S/C14H22O8/c1-3-5-13(11(19)20,7-9(15)16)14(6-4-2,12(21)22)8-10(17)18/h3-8H2,1-2H3,(H,15,16)(H,17,18)(H,19,20)(H,21,22). The molecule has 0 radical (unpaired) electrons. The third-order valence-corrected chi connectivity index (χ3v) is 3.99. The first-order valence-electron chi connectivity index (χ1n) is 7.00. The van der Waals surface area contributed by atoms with Gasteiger partial charge in [-0.15, -0.1) is 0 Å². The minimum atomic E-state index is -2.17. The van der Waals surface area contributed by atoms with Crippen molar-refractivity contribution in [1.29, 1.82) is 0 Å². The molecule has 0 fully saturated rings. The number of aliphatic carboxylic acids is 4. The summed E-state index contributed by atoms with van der Waals surface area (Å²) in [5.41, 5.74) is -4.35. The molecular formula is C14H22O8. The second-order valence-corrected chi connectivity index (χ2v) is 5.42. The van der Waals surface area contributed by atoms with Crippen LogP contribution in [0.3, 0.4) is 0 Å². The number of rotatable bonds is 11. The molecule has 0 amide bonds. The Morgan fingerprint density at radius 2 is 0.955 bits per heavy atom. The fourth-order valence-corrected chi connectivity index (χ4v) is 3.14. The lowest BCUT2D eigenvalue weighted by Gasteiger charge is -2.43. The number of carboxylic acid groups (broad SMARTS) is 4. The number of carbonyl (C=O) groups is 4. The van der Waals surface area contributed by atoms with Crippen LogP contribution in [0, 0.1) is 10.8 Å². The zero-order valence-corrected chi connectivity index (χ0v) is 12.7. The quantitative estimate of drug-likeness (QED) is 0.449. The van der Waals surface area contributed by atoms with Crippen molar-refractivity contribution in [2.24, 2.45) is 10.8 Å². The van der Waals surface area contributed by atoms with Gasteiger partial charge in [-0.3, -0.25) is 19.2 Å². The van der Waals surface area contributed by atoms with Crippen LogP contribution < -0.4 is 0 Å². The lowest BCUT2D eigenvalue weighted by Crippen LogP contribution is -2.54. The maximum atomic E-state index is 11.8. The molecular weight excluding hydrogens is 296 g/mol. The molecule has 0 aromatic heterocycles. The van der Waals surface area contributed by atoms with Gasteiger partial charge >= 0.3 is 23.9 Å². The highest BCUT2D eigenvalue weighted by molar-refractivity contribution is 5.92. The molecule has 22 heavy (non-hydrogen) atoms. The smallest absolute Gasteiger partial charge is 0.311 e.